The van der Waals surface area contributed by atoms with Crippen LogP contribution < -0.4 is 5.32 Å². The van der Waals surface area contributed by atoms with Crippen molar-refractivity contribution in [2.24, 2.45) is 0 Å². The van der Waals surface area contributed by atoms with Crippen molar-refractivity contribution in [2.45, 2.75) is 20.3 Å². The Balaban J connectivity index is 2.34. The Morgan fingerprint density at radius 1 is 1.14 bits per heavy atom. The molecule has 0 unspecified atom stereocenters. The molecule has 1 aromatic carbocycles. The van der Waals surface area contributed by atoms with Crippen molar-refractivity contribution in [3.8, 4) is 0 Å². The van der Waals surface area contributed by atoms with Crippen LogP contribution in [0.4, 0.5) is 0 Å². The minimum absolute atomic E-state index is 0.0123. The fourth-order valence-electron chi connectivity index (χ4n) is 2.15. The van der Waals surface area contributed by atoms with Gasteiger partial charge >= 0.3 is 0 Å². The lowest BCUT2D eigenvalue weighted by Crippen LogP contribution is -2.41. The summed E-state index contributed by atoms with van der Waals surface area (Å²) in [4.78, 5) is 27.3. The van der Waals surface area contributed by atoms with E-state index >= 15 is 0 Å². The molecule has 1 rings (SSSR count). The first-order valence-electron chi connectivity index (χ1n) is 7.61. The number of aryl methyl sites for hydroxylation is 1. The zero-order valence-electron chi connectivity index (χ0n) is 14.1. The van der Waals surface area contributed by atoms with Crippen molar-refractivity contribution in [3.63, 3.8) is 0 Å². The quantitative estimate of drug-likeness (QED) is 0.781. The minimum atomic E-state index is -0.0123. The van der Waals surface area contributed by atoms with E-state index in [1.165, 1.54) is 0 Å². The van der Waals surface area contributed by atoms with Crippen molar-refractivity contribution in [2.75, 3.05) is 40.3 Å². The van der Waals surface area contributed by atoms with Crippen molar-refractivity contribution < 1.29 is 9.59 Å². The molecule has 0 heterocycles. The van der Waals surface area contributed by atoms with E-state index in [1.807, 2.05) is 50.2 Å². The van der Waals surface area contributed by atoms with Gasteiger partial charge in [-0.25, -0.2) is 0 Å². The van der Waals surface area contributed by atoms with Gasteiger partial charge in [-0.1, -0.05) is 29.8 Å². The maximum Gasteiger partial charge on any atom is 0.224 e. The number of rotatable bonds is 8. The summed E-state index contributed by atoms with van der Waals surface area (Å²) >= 11 is 0. The number of likely N-dealkylation sites (N-methyl/N-ethyl adjacent to an activating group) is 1. The molecule has 0 fully saturated rings. The highest BCUT2D eigenvalue weighted by atomic mass is 16.2. The molecule has 122 valence electrons. The van der Waals surface area contributed by atoms with Gasteiger partial charge in [0.2, 0.25) is 11.8 Å². The largest absolute Gasteiger partial charge is 0.354 e. The van der Waals surface area contributed by atoms with Crippen LogP contribution in [0.25, 0.3) is 0 Å². The van der Waals surface area contributed by atoms with Crippen LogP contribution in [0.1, 0.15) is 18.1 Å². The summed E-state index contributed by atoms with van der Waals surface area (Å²) in [5, 5.41) is 2.88. The Morgan fingerprint density at radius 2 is 1.86 bits per heavy atom. The average Bonchev–Trinajstić information content (AvgIpc) is 2.41. The summed E-state index contributed by atoms with van der Waals surface area (Å²) < 4.78 is 0. The van der Waals surface area contributed by atoms with Crippen LogP contribution in [0.2, 0.25) is 0 Å². The highest BCUT2D eigenvalue weighted by molar-refractivity contribution is 5.78. The van der Waals surface area contributed by atoms with Gasteiger partial charge in [0.1, 0.15) is 0 Å². The second-order valence-corrected chi connectivity index (χ2v) is 5.83. The summed E-state index contributed by atoms with van der Waals surface area (Å²) in [7, 11) is 3.95. The Labute approximate surface area is 133 Å². The van der Waals surface area contributed by atoms with Gasteiger partial charge in [0.05, 0.1) is 6.42 Å². The molecule has 0 bridgehead atoms. The molecule has 5 nitrogen and oxygen atoms in total. The number of carbonyl (C=O) groups excluding carboxylic acids is 2. The number of hydrogen-bond donors (Lipinski definition) is 1. The smallest absolute Gasteiger partial charge is 0.224 e. The van der Waals surface area contributed by atoms with E-state index in [-0.39, 0.29) is 11.8 Å². The third-order valence-corrected chi connectivity index (χ3v) is 3.41. The number of nitrogens with zero attached hydrogens (tertiary/aromatic N) is 2. The summed E-state index contributed by atoms with van der Waals surface area (Å²) in [6.07, 6.45) is 0.374. The highest BCUT2D eigenvalue weighted by Crippen LogP contribution is 2.04. The zero-order valence-corrected chi connectivity index (χ0v) is 14.1. The molecule has 2 amide bonds. The van der Waals surface area contributed by atoms with Gasteiger partial charge in [-0.05, 0) is 26.6 Å². The standard InChI is InChI=1S/C17H27N3O2/c1-14-6-5-7-16(12-14)13-17(22)18-8-9-20(15(2)21)11-10-19(3)4/h5-7,12H,8-11,13H2,1-4H3,(H,18,22). The van der Waals surface area contributed by atoms with Crippen molar-refractivity contribution in [3.05, 3.63) is 35.4 Å². The van der Waals surface area contributed by atoms with E-state index in [0.29, 0.717) is 26.1 Å². The molecule has 0 saturated carbocycles. The van der Waals surface area contributed by atoms with Crippen LogP contribution in [0, 0.1) is 6.92 Å². The van der Waals surface area contributed by atoms with Gasteiger partial charge in [-0.3, -0.25) is 9.59 Å². The molecule has 0 aliphatic rings. The van der Waals surface area contributed by atoms with Crippen LogP contribution >= 0.6 is 0 Å². The zero-order chi connectivity index (χ0) is 16.5. The topological polar surface area (TPSA) is 52.7 Å². The molecule has 0 aliphatic carbocycles. The monoisotopic (exact) mass is 305 g/mol. The van der Waals surface area contributed by atoms with Gasteiger partial charge in [0.15, 0.2) is 0 Å². The molecule has 22 heavy (non-hydrogen) atoms. The van der Waals surface area contributed by atoms with Crippen molar-refractivity contribution in [1.82, 2.24) is 15.1 Å². The molecule has 0 saturated heterocycles. The molecular formula is C17H27N3O2. The molecule has 0 aromatic heterocycles. The molecular weight excluding hydrogens is 278 g/mol. The van der Waals surface area contributed by atoms with Gasteiger partial charge in [0.25, 0.3) is 0 Å². The maximum atomic E-state index is 11.9. The van der Waals surface area contributed by atoms with E-state index in [1.54, 1.807) is 11.8 Å². The predicted octanol–water partition coefficient (Wildman–Crippen LogP) is 1.06. The third kappa shape index (κ3) is 7.22. The Bertz CT molecular complexity index is 500. The van der Waals surface area contributed by atoms with E-state index in [4.69, 9.17) is 0 Å². The molecule has 0 aliphatic heterocycles. The summed E-state index contributed by atoms with van der Waals surface area (Å²) in [6, 6.07) is 7.93. The van der Waals surface area contributed by atoms with Gasteiger partial charge < -0.3 is 15.1 Å². The lowest BCUT2D eigenvalue weighted by Gasteiger charge is -2.23. The Kier molecular flexibility index (Phi) is 7.60. The Hall–Kier alpha value is -1.88. The third-order valence-electron chi connectivity index (χ3n) is 3.41. The molecule has 0 atom stereocenters. The number of carbonyl (C=O) groups is 2. The number of benzene rings is 1. The van der Waals surface area contributed by atoms with Crippen LogP contribution in [0.5, 0.6) is 0 Å². The number of hydrogen-bond acceptors (Lipinski definition) is 3. The summed E-state index contributed by atoms with van der Waals surface area (Å²) in [6.45, 7) is 6.09. The van der Waals surface area contributed by atoms with Crippen LogP contribution in [-0.2, 0) is 16.0 Å². The van der Waals surface area contributed by atoms with Crippen molar-refractivity contribution in [1.29, 1.82) is 0 Å². The average molecular weight is 305 g/mol. The van der Waals surface area contributed by atoms with Crippen LogP contribution in [-0.4, -0.2) is 61.9 Å². The van der Waals surface area contributed by atoms with E-state index in [0.717, 1.165) is 17.7 Å². The van der Waals surface area contributed by atoms with E-state index in [9.17, 15) is 9.59 Å². The highest BCUT2D eigenvalue weighted by Gasteiger charge is 2.09. The number of nitrogens with one attached hydrogen (secondary N) is 1. The van der Waals surface area contributed by atoms with Gasteiger partial charge in [-0.2, -0.15) is 0 Å². The molecule has 0 radical (unpaired) electrons. The van der Waals surface area contributed by atoms with E-state index in [2.05, 4.69) is 5.32 Å². The minimum Gasteiger partial charge on any atom is -0.354 e. The lowest BCUT2D eigenvalue weighted by molar-refractivity contribution is -0.129. The van der Waals surface area contributed by atoms with Crippen LogP contribution in [0.3, 0.4) is 0 Å². The second-order valence-electron chi connectivity index (χ2n) is 5.83. The normalized spacial score (nSPS) is 10.6. The SMILES string of the molecule is CC(=O)N(CCNC(=O)Cc1cccc(C)c1)CCN(C)C. The fraction of sp³-hybridized carbons (Fsp3) is 0.529. The number of amides is 2. The van der Waals surface area contributed by atoms with Crippen molar-refractivity contribution >= 4 is 11.8 Å². The summed E-state index contributed by atoms with van der Waals surface area (Å²) in [5.41, 5.74) is 2.16. The molecule has 5 heteroatoms. The maximum absolute atomic E-state index is 11.9. The lowest BCUT2D eigenvalue weighted by atomic mass is 10.1. The fourth-order valence-corrected chi connectivity index (χ4v) is 2.15. The first kappa shape index (κ1) is 18.2. The first-order chi connectivity index (χ1) is 10.4. The van der Waals surface area contributed by atoms with Crippen LogP contribution in [0.15, 0.2) is 24.3 Å². The summed E-state index contributed by atoms with van der Waals surface area (Å²) in [5.74, 6) is 0.0245. The Morgan fingerprint density at radius 3 is 2.45 bits per heavy atom. The first-order valence-corrected chi connectivity index (χ1v) is 7.61. The molecule has 1 aromatic rings. The molecule has 1 N–H and O–H groups in total. The second kappa shape index (κ2) is 9.20. The van der Waals surface area contributed by atoms with Gasteiger partial charge in [-0.15, -0.1) is 0 Å². The van der Waals surface area contributed by atoms with E-state index < -0.39 is 0 Å². The molecule has 0 spiro atoms. The predicted molar refractivity (Wildman–Crippen MR) is 88.7 cm³/mol. The van der Waals surface area contributed by atoms with Gasteiger partial charge in [0, 0.05) is 33.1 Å².